The molecule has 94 valence electrons. The zero-order valence-electron chi connectivity index (χ0n) is 10.1. The van der Waals surface area contributed by atoms with Gasteiger partial charge in [0.2, 0.25) is 0 Å². The van der Waals surface area contributed by atoms with Crippen molar-refractivity contribution < 1.29 is 4.74 Å². The second kappa shape index (κ2) is 6.43. The molecule has 18 heavy (non-hydrogen) atoms. The molecule has 2 aromatic rings. The van der Waals surface area contributed by atoms with Crippen LogP contribution >= 0.6 is 11.6 Å². The van der Waals surface area contributed by atoms with E-state index in [1.165, 1.54) is 0 Å². The van der Waals surface area contributed by atoms with Crippen LogP contribution in [0.25, 0.3) is 11.1 Å². The molecular formula is C15H16ClNO. The molecule has 2 N–H and O–H groups in total. The summed E-state index contributed by atoms with van der Waals surface area (Å²) in [6, 6.07) is 15.8. The van der Waals surface area contributed by atoms with E-state index >= 15 is 0 Å². The molecule has 0 bridgehead atoms. The Morgan fingerprint density at radius 1 is 1.00 bits per heavy atom. The Labute approximate surface area is 112 Å². The minimum absolute atomic E-state index is 0.650. The van der Waals surface area contributed by atoms with Crippen LogP contribution in [-0.2, 0) is 0 Å². The predicted octanol–water partition coefficient (Wildman–Crippen LogP) is 3.73. The summed E-state index contributed by atoms with van der Waals surface area (Å²) in [5, 5.41) is 0.745. The van der Waals surface area contributed by atoms with E-state index in [-0.39, 0.29) is 0 Å². The first-order chi connectivity index (χ1) is 8.79. The highest BCUT2D eigenvalue weighted by atomic mass is 35.5. The molecule has 0 aromatic heterocycles. The molecule has 0 heterocycles. The van der Waals surface area contributed by atoms with Crippen LogP contribution in [0.1, 0.15) is 6.42 Å². The molecule has 3 heteroatoms. The summed E-state index contributed by atoms with van der Waals surface area (Å²) in [6.45, 7) is 1.30. The molecule has 0 aliphatic heterocycles. The Kier molecular flexibility index (Phi) is 4.62. The van der Waals surface area contributed by atoms with Crippen molar-refractivity contribution in [1.82, 2.24) is 0 Å². The van der Waals surface area contributed by atoms with Gasteiger partial charge in [-0.1, -0.05) is 35.9 Å². The fraction of sp³-hybridized carbons (Fsp3) is 0.200. The van der Waals surface area contributed by atoms with Gasteiger partial charge in [-0.3, -0.25) is 0 Å². The van der Waals surface area contributed by atoms with Crippen molar-refractivity contribution in [3.05, 3.63) is 53.6 Å². The quantitative estimate of drug-likeness (QED) is 0.833. The SMILES string of the molecule is NCCCOc1cccc(-c2ccc(Cl)cc2)c1. The second-order valence-electron chi connectivity index (χ2n) is 4.03. The van der Waals surface area contributed by atoms with Crippen molar-refractivity contribution in [3.63, 3.8) is 0 Å². The average Bonchev–Trinajstić information content (AvgIpc) is 2.40. The Hall–Kier alpha value is -1.51. The maximum Gasteiger partial charge on any atom is 0.119 e. The summed E-state index contributed by atoms with van der Waals surface area (Å²) >= 11 is 5.88. The number of hydrogen-bond acceptors (Lipinski definition) is 2. The summed E-state index contributed by atoms with van der Waals surface area (Å²) in [5.74, 6) is 0.871. The highest BCUT2D eigenvalue weighted by molar-refractivity contribution is 6.30. The van der Waals surface area contributed by atoms with Crippen LogP contribution in [0.2, 0.25) is 5.02 Å². The zero-order valence-corrected chi connectivity index (χ0v) is 10.9. The molecule has 2 nitrogen and oxygen atoms in total. The molecule has 0 amide bonds. The van der Waals surface area contributed by atoms with E-state index in [4.69, 9.17) is 22.1 Å². The largest absolute Gasteiger partial charge is 0.494 e. The number of benzene rings is 2. The number of rotatable bonds is 5. The Balaban J connectivity index is 2.13. The molecule has 2 aromatic carbocycles. The highest BCUT2D eigenvalue weighted by Crippen LogP contribution is 2.25. The summed E-state index contributed by atoms with van der Waals surface area (Å²) in [7, 11) is 0. The third-order valence-corrected chi connectivity index (χ3v) is 2.88. The van der Waals surface area contributed by atoms with E-state index < -0.39 is 0 Å². The van der Waals surface area contributed by atoms with Crippen molar-refractivity contribution in [3.8, 4) is 16.9 Å². The van der Waals surface area contributed by atoms with Crippen molar-refractivity contribution in [2.24, 2.45) is 5.73 Å². The normalized spacial score (nSPS) is 10.3. The highest BCUT2D eigenvalue weighted by Gasteiger charge is 2.00. The van der Waals surface area contributed by atoms with Crippen molar-refractivity contribution in [2.75, 3.05) is 13.2 Å². The number of halogens is 1. The van der Waals surface area contributed by atoms with Crippen LogP contribution in [0.5, 0.6) is 5.75 Å². The lowest BCUT2D eigenvalue weighted by molar-refractivity contribution is 0.313. The van der Waals surface area contributed by atoms with Crippen LogP contribution in [0, 0.1) is 0 Å². The van der Waals surface area contributed by atoms with Gasteiger partial charge < -0.3 is 10.5 Å². The van der Waals surface area contributed by atoms with Crippen molar-refractivity contribution in [2.45, 2.75) is 6.42 Å². The molecule has 0 spiro atoms. The Morgan fingerprint density at radius 2 is 1.78 bits per heavy atom. The van der Waals surface area contributed by atoms with Gasteiger partial charge in [0.05, 0.1) is 6.61 Å². The lowest BCUT2D eigenvalue weighted by Crippen LogP contribution is -2.05. The van der Waals surface area contributed by atoms with Gasteiger partial charge in [-0.2, -0.15) is 0 Å². The van der Waals surface area contributed by atoms with Crippen molar-refractivity contribution >= 4 is 11.6 Å². The van der Waals surface area contributed by atoms with Gasteiger partial charge in [-0.15, -0.1) is 0 Å². The van der Waals surface area contributed by atoms with E-state index in [2.05, 4.69) is 6.07 Å². The van der Waals surface area contributed by atoms with Gasteiger partial charge in [0.15, 0.2) is 0 Å². The fourth-order valence-corrected chi connectivity index (χ4v) is 1.81. The molecule has 0 fully saturated rings. The first kappa shape index (κ1) is 12.9. The second-order valence-corrected chi connectivity index (χ2v) is 4.46. The summed E-state index contributed by atoms with van der Waals surface area (Å²) in [5.41, 5.74) is 7.69. The molecule has 0 atom stereocenters. The lowest BCUT2D eigenvalue weighted by atomic mass is 10.1. The third kappa shape index (κ3) is 3.49. The molecule has 0 radical (unpaired) electrons. The van der Waals surface area contributed by atoms with Gasteiger partial charge in [-0.05, 0) is 48.4 Å². The van der Waals surface area contributed by atoms with E-state index in [9.17, 15) is 0 Å². The number of ether oxygens (including phenoxy) is 1. The zero-order chi connectivity index (χ0) is 12.8. The molecule has 0 saturated heterocycles. The first-order valence-electron chi connectivity index (χ1n) is 5.98. The summed E-state index contributed by atoms with van der Waals surface area (Å²) in [4.78, 5) is 0. The number of hydrogen-bond donors (Lipinski definition) is 1. The van der Waals surface area contributed by atoms with Crippen molar-refractivity contribution in [1.29, 1.82) is 0 Å². The van der Waals surface area contributed by atoms with Crippen LogP contribution in [0.4, 0.5) is 0 Å². The first-order valence-corrected chi connectivity index (χ1v) is 6.36. The molecule has 0 unspecified atom stereocenters. The number of nitrogens with two attached hydrogens (primary N) is 1. The predicted molar refractivity (Wildman–Crippen MR) is 76.1 cm³/mol. The molecule has 2 rings (SSSR count). The molecular weight excluding hydrogens is 246 g/mol. The minimum atomic E-state index is 0.650. The van der Waals surface area contributed by atoms with E-state index in [1.54, 1.807) is 0 Å². The molecule has 0 aliphatic rings. The maximum atomic E-state index is 5.88. The standard InChI is InChI=1S/C15H16ClNO/c16-14-7-5-12(6-8-14)13-3-1-4-15(11-13)18-10-2-9-17/h1,3-8,11H,2,9-10,17H2. The monoisotopic (exact) mass is 261 g/mol. The van der Waals surface area contributed by atoms with Gasteiger partial charge in [0.25, 0.3) is 0 Å². The van der Waals surface area contributed by atoms with Crippen LogP contribution in [0.15, 0.2) is 48.5 Å². The topological polar surface area (TPSA) is 35.2 Å². The Morgan fingerprint density at radius 3 is 2.50 bits per heavy atom. The smallest absolute Gasteiger partial charge is 0.119 e. The van der Waals surface area contributed by atoms with Crippen LogP contribution < -0.4 is 10.5 Å². The van der Waals surface area contributed by atoms with E-state index in [1.807, 2.05) is 42.5 Å². The maximum absolute atomic E-state index is 5.88. The molecule has 0 saturated carbocycles. The summed E-state index contributed by atoms with van der Waals surface area (Å²) in [6.07, 6.45) is 0.866. The molecule has 0 aliphatic carbocycles. The fourth-order valence-electron chi connectivity index (χ4n) is 1.68. The third-order valence-electron chi connectivity index (χ3n) is 2.63. The Bertz CT molecular complexity index is 496. The van der Waals surface area contributed by atoms with Gasteiger partial charge in [0.1, 0.15) is 5.75 Å². The van der Waals surface area contributed by atoms with Gasteiger partial charge in [0, 0.05) is 5.02 Å². The van der Waals surface area contributed by atoms with Gasteiger partial charge >= 0.3 is 0 Å². The average molecular weight is 262 g/mol. The lowest BCUT2D eigenvalue weighted by Gasteiger charge is -2.07. The minimum Gasteiger partial charge on any atom is -0.494 e. The van der Waals surface area contributed by atoms with Gasteiger partial charge in [-0.25, -0.2) is 0 Å². The van der Waals surface area contributed by atoms with E-state index in [0.29, 0.717) is 13.2 Å². The van der Waals surface area contributed by atoms with E-state index in [0.717, 1.165) is 28.3 Å². The van der Waals surface area contributed by atoms with Crippen LogP contribution in [-0.4, -0.2) is 13.2 Å². The van der Waals surface area contributed by atoms with Crippen LogP contribution in [0.3, 0.4) is 0 Å². The summed E-state index contributed by atoms with van der Waals surface area (Å²) < 4.78 is 5.63.